The normalized spacial score (nSPS) is 10.3. The van der Waals surface area contributed by atoms with Crippen molar-refractivity contribution in [3.8, 4) is 0 Å². The number of hydrogen-bond donors (Lipinski definition) is 2. The second kappa shape index (κ2) is 5.18. The number of amides is 1. The maximum Gasteiger partial charge on any atom is 0.257 e. The van der Waals surface area contributed by atoms with Crippen molar-refractivity contribution in [3.63, 3.8) is 0 Å². The molecule has 0 saturated carbocycles. The van der Waals surface area contributed by atoms with Crippen LogP contribution in [0.1, 0.15) is 27.9 Å². The summed E-state index contributed by atoms with van der Waals surface area (Å²) >= 11 is 1.49. The zero-order chi connectivity index (χ0) is 13.1. The van der Waals surface area contributed by atoms with Crippen molar-refractivity contribution in [2.24, 2.45) is 0 Å². The molecule has 0 atom stereocenters. The van der Waals surface area contributed by atoms with Crippen molar-refractivity contribution in [1.29, 1.82) is 0 Å². The maximum absolute atomic E-state index is 12.0. The molecule has 4 nitrogen and oxygen atoms in total. The van der Waals surface area contributed by atoms with Gasteiger partial charge in [0, 0.05) is 16.1 Å². The number of anilines is 2. The highest BCUT2D eigenvalue weighted by Gasteiger charge is 2.10. The number of aryl methyl sites for hydroxylation is 2. The molecule has 0 radical (unpaired) electrons. The van der Waals surface area contributed by atoms with E-state index in [0.29, 0.717) is 16.4 Å². The zero-order valence-electron chi connectivity index (χ0n) is 10.4. The molecule has 0 fully saturated rings. The van der Waals surface area contributed by atoms with Gasteiger partial charge in [-0.1, -0.05) is 13.0 Å². The number of hydrogen-bond acceptors (Lipinski definition) is 4. The lowest BCUT2D eigenvalue weighted by molar-refractivity contribution is 0.102. The van der Waals surface area contributed by atoms with Crippen LogP contribution < -0.4 is 11.1 Å². The number of nitrogen functional groups attached to an aromatic ring is 1. The monoisotopic (exact) mass is 261 g/mol. The van der Waals surface area contributed by atoms with Gasteiger partial charge in [0.25, 0.3) is 5.91 Å². The summed E-state index contributed by atoms with van der Waals surface area (Å²) in [4.78, 5) is 17.5. The maximum atomic E-state index is 12.0. The van der Waals surface area contributed by atoms with E-state index in [1.807, 2.05) is 13.8 Å². The summed E-state index contributed by atoms with van der Waals surface area (Å²) in [7, 11) is 0. The van der Waals surface area contributed by atoms with Crippen LogP contribution in [0, 0.1) is 6.92 Å². The third kappa shape index (κ3) is 2.68. The number of nitrogens with one attached hydrogen (secondary N) is 1. The predicted molar refractivity (Wildman–Crippen MR) is 75.0 cm³/mol. The second-order valence-electron chi connectivity index (χ2n) is 3.96. The van der Waals surface area contributed by atoms with E-state index in [2.05, 4.69) is 10.3 Å². The first-order valence-electron chi connectivity index (χ1n) is 5.73. The van der Waals surface area contributed by atoms with Gasteiger partial charge in [0.1, 0.15) is 0 Å². The highest BCUT2D eigenvalue weighted by atomic mass is 32.1. The number of nitrogens with two attached hydrogens (primary N) is 1. The van der Waals surface area contributed by atoms with Crippen LogP contribution in [-0.4, -0.2) is 10.9 Å². The molecule has 94 valence electrons. The van der Waals surface area contributed by atoms with Gasteiger partial charge < -0.3 is 5.73 Å². The van der Waals surface area contributed by atoms with Crippen LogP contribution in [0.5, 0.6) is 0 Å². The fourth-order valence-corrected chi connectivity index (χ4v) is 2.56. The Bertz CT molecular complexity index is 577. The molecule has 3 N–H and O–H groups in total. The molecule has 0 bridgehead atoms. The van der Waals surface area contributed by atoms with Crippen molar-refractivity contribution in [2.75, 3.05) is 11.1 Å². The Morgan fingerprint density at radius 3 is 2.89 bits per heavy atom. The molecule has 2 aromatic rings. The highest BCUT2D eigenvalue weighted by Crippen LogP contribution is 2.23. The summed E-state index contributed by atoms with van der Waals surface area (Å²) in [6, 6.07) is 6.89. The Morgan fingerprint density at radius 1 is 1.50 bits per heavy atom. The van der Waals surface area contributed by atoms with Gasteiger partial charge in [-0.15, -0.1) is 11.3 Å². The summed E-state index contributed by atoms with van der Waals surface area (Å²) in [5.41, 5.74) is 7.80. The molecule has 1 heterocycles. The Kier molecular flexibility index (Phi) is 3.62. The molecule has 1 aromatic heterocycles. The number of carbonyl (C=O) groups is 1. The molecule has 0 aliphatic carbocycles. The van der Waals surface area contributed by atoms with Crippen molar-refractivity contribution < 1.29 is 4.79 Å². The molecule has 1 amide bonds. The van der Waals surface area contributed by atoms with E-state index in [-0.39, 0.29) is 5.91 Å². The smallest absolute Gasteiger partial charge is 0.257 e. The molecule has 0 aliphatic heterocycles. The average molecular weight is 261 g/mol. The summed E-state index contributed by atoms with van der Waals surface area (Å²) in [6.07, 6.45) is 0.872. The first-order chi connectivity index (χ1) is 8.60. The Morgan fingerprint density at radius 2 is 2.28 bits per heavy atom. The number of aromatic nitrogens is 1. The van der Waals surface area contributed by atoms with Crippen LogP contribution >= 0.6 is 11.3 Å². The standard InChI is InChI=1S/C13H15N3OS/c1-3-11-8(2)18-13(15-11)16-12(17)9-5-4-6-10(14)7-9/h4-7H,3,14H2,1-2H3,(H,15,16,17). The number of thiazole rings is 1. The van der Waals surface area contributed by atoms with Crippen molar-refractivity contribution in [3.05, 3.63) is 40.4 Å². The van der Waals surface area contributed by atoms with E-state index < -0.39 is 0 Å². The first kappa shape index (κ1) is 12.6. The van der Waals surface area contributed by atoms with E-state index in [4.69, 9.17) is 5.73 Å². The van der Waals surface area contributed by atoms with Crippen LogP contribution in [0.15, 0.2) is 24.3 Å². The van der Waals surface area contributed by atoms with Crippen LogP contribution in [-0.2, 0) is 6.42 Å². The van der Waals surface area contributed by atoms with Crippen LogP contribution in [0.3, 0.4) is 0 Å². The summed E-state index contributed by atoms with van der Waals surface area (Å²) in [5, 5.41) is 3.43. The molecule has 5 heteroatoms. The first-order valence-corrected chi connectivity index (χ1v) is 6.55. The number of benzene rings is 1. The van der Waals surface area contributed by atoms with E-state index in [0.717, 1.165) is 17.0 Å². The zero-order valence-corrected chi connectivity index (χ0v) is 11.2. The van der Waals surface area contributed by atoms with Gasteiger partial charge in [0.15, 0.2) is 5.13 Å². The molecule has 1 aromatic carbocycles. The van der Waals surface area contributed by atoms with Crippen LogP contribution in [0.4, 0.5) is 10.8 Å². The Balaban J connectivity index is 2.16. The van der Waals surface area contributed by atoms with Gasteiger partial charge in [-0.2, -0.15) is 0 Å². The van der Waals surface area contributed by atoms with Crippen molar-refractivity contribution in [2.45, 2.75) is 20.3 Å². The third-order valence-electron chi connectivity index (χ3n) is 2.60. The fraction of sp³-hybridized carbons (Fsp3) is 0.231. The number of rotatable bonds is 3. The lowest BCUT2D eigenvalue weighted by Gasteiger charge is -2.02. The number of nitrogens with zero attached hydrogens (tertiary/aromatic N) is 1. The summed E-state index contributed by atoms with van der Waals surface area (Å²) < 4.78 is 0. The minimum Gasteiger partial charge on any atom is -0.399 e. The van der Waals surface area contributed by atoms with Crippen LogP contribution in [0.2, 0.25) is 0 Å². The fourth-order valence-electron chi connectivity index (χ4n) is 1.66. The van der Waals surface area contributed by atoms with Gasteiger partial charge in [0.05, 0.1) is 5.69 Å². The largest absolute Gasteiger partial charge is 0.399 e. The average Bonchev–Trinajstić information content (AvgIpc) is 2.69. The molecule has 0 spiro atoms. The van der Waals surface area contributed by atoms with E-state index in [1.54, 1.807) is 24.3 Å². The molecule has 18 heavy (non-hydrogen) atoms. The Hall–Kier alpha value is -1.88. The predicted octanol–water partition coefficient (Wildman–Crippen LogP) is 2.85. The highest BCUT2D eigenvalue weighted by molar-refractivity contribution is 7.15. The van der Waals surface area contributed by atoms with E-state index >= 15 is 0 Å². The minimum atomic E-state index is -0.182. The molecule has 0 aliphatic rings. The topological polar surface area (TPSA) is 68.0 Å². The molecular weight excluding hydrogens is 246 g/mol. The van der Waals surface area contributed by atoms with Gasteiger partial charge in [-0.25, -0.2) is 4.98 Å². The molecule has 0 unspecified atom stereocenters. The second-order valence-corrected chi connectivity index (χ2v) is 5.16. The van der Waals surface area contributed by atoms with Crippen molar-refractivity contribution in [1.82, 2.24) is 4.98 Å². The van der Waals surface area contributed by atoms with Gasteiger partial charge in [-0.3, -0.25) is 10.1 Å². The van der Waals surface area contributed by atoms with E-state index in [1.165, 1.54) is 11.3 Å². The quantitative estimate of drug-likeness (QED) is 0.835. The van der Waals surface area contributed by atoms with E-state index in [9.17, 15) is 4.79 Å². The summed E-state index contributed by atoms with van der Waals surface area (Å²) in [6.45, 7) is 4.05. The third-order valence-corrected chi connectivity index (χ3v) is 3.53. The lowest BCUT2D eigenvalue weighted by atomic mass is 10.2. The molecule has 2 rings (SSSR count). The lowest BCUT2D eigenvalue weighted by Crippen LogP contribution is -2.11. The van der Waals surface area contributed by atoms with Crippen molar-refractivity contribution >= 4 is 28.1 Å². The van der Waals surface area contributed by atoms with Gasteiger partial charge in [-0.05, 0) is 31.5 Å². The Labute approximate surface area is 110 Å². The van der Waals surface area contributed by atoms with Gasteiger partial charge >= 0.3 is 0 Å². The minimum absolute atomic E-state index is 0.182. The molecule has 0 saturated heterocycles. The van der Waals surface area contributed by atoms with Gasteiger partial charge in [0.2, 0.25) is 0 Å². The molecular formula is C13H15N3OS. The van der Waals surface area contributed by atoms with Crippen LogP contribution in [0.25, 0.3) is 0 Å². The summed E-state index contributed by atoms with van der Waals surface area (Å²) in [5.74, 6) is -0.182. The number of carbonyl (C=O) groups excluding carboxylic acids is 1. The SMILES string of the molecule is CCc1nc(NC(=O)c2cccc(N)c2)sc1C.